The maximum Gasteiger partial charge on any atom is 0.124 e. The summed E-state index contributed by atoms with van der Waals surface area (Å²) in [6, 6.07) is 5.66. The molecule has 0 unspecified atom stereocenters. The predicted octanol–water partition coefficient (Wildman–Crippen LogP) is 1.22. The van der Waals surface area contributed by atoms with Gasteiger partial charge in [0, 0.05) is 38.3 Å². The van der Waals surface area contributed by atoms with Gasteiger partial charge < -0.3 is 24.6 Å². The van der Waals surface area contributed by atoms with Gasteiger partial charge in [-0.05, 0) is 45.0 Å². The maximum atomic E-state index is 10.4. The molecule has 2 heterocycles. The lowest BCUT2D eigenvalue weighted by molar-refractivity contribution is 0.0335. The first-order valence-electron chi connectivity index (χ1n) is 10.3. The second-order valence-corrected chi connectivity index (χ2v) is 7.94. The molecule has 1 saturated heterocycles. The van der Waals surface area contributed by atoms with Gasteiger partial charge in [-0.15, -0.1) is 0 Å². The molecule has 0 bridgehead atoms. The van der Waals surface area contributed by atoms with E-state index >= 15 is 0 Å². The lowest BCUT2D eigenvalue weighted by Gasteiger charge is -2.31. The number of β-amino-alcohol motifs (C(OH)–C–C–N with tert-alkyl or cyclic N) is 1. The maximum absolute atomic E-state index is 10.4. The van der Waals surface area contributed by atoms with E-state index < -0.39 is 6.10 Å². The van der Waals surface area contributed by atoms with Gasteiger partial charge in [-0.1, -0.05) is 10.3 Å². The van der Waals surface area contributed by atoms with Crippen molar-refractivity contribution in [2.75, 3.05) is 40.4 Å². The third kappa shape index (κ3) is 6.40. The molecule has 166 valence electrons. The highest BCUT2D eigenvalue weighted by molar-refractivity contribution is 5.40. The molecule has 0 spiro atoms. The van der Waals surface area contributed by atoms with Crippen LogP contribution in [0.25, 0.3) is 0 Å². The molecule has 2 N–H and O–H groups in total. The molecule has 1 fully saturated rings. The number of aryl methyl sites for hydroxylation is 1. The third-order valence-corrected chi connectivity index (χ3v) is 5.33. The van der Waals surface area contributed by atoms with Crippen molar-refractivity contribution in [3.63, 3.8) is 0 Å². The minimum absolute atomic E-state index is 0.203. The topological polar surface area (TPSA) is 104 Å². The molecule has 1 aromatic carbocycles. The monoisotopic (exact) mass is 420 g/mol. The third-order valence-electron chi connectivity index (χ3n) is 5.33. The lowest BCUT2D eigenvalue weighted by atomic mass is 10.1. The van der Waals surface area contributed by atoms with Gasteiger partial charge in [0.2, 0.25) is 0 Å². The number of hydrogen-bond donors (Lipinski definition) is 2. The molecule has 0 amide bonds. The first-order chi connectivity index (χ1) is 14.4. The summed E-state index contributed by atoms with van der Waals surface area (Å²) in [5.74, 6) is 1.46. The average molecular weight is 421 g/mol. The summed E-state index contributed by atoms with van der Waals surface area (Å²) in [7, 11) is 3.62. The van der Waals surface area contributed by atoms with Gasteiger partial charge in [0.1, 0.15) is 35.6 Å². The number of rotatable bonds is 10. The number of methoxy groups -OCH3 is 1. The second-order valence-electron chi connectivity index (χ2n) is 7.94. The standard InChI is InChI=1S/C21H32N4O5/c1-15-20(23-30-22-15)13-24(2)11-16-10-19(28-3)4-5-21(16)29-14-18(27)12-25-8-6-17(26)7-9-25/h4-5,10,17-18,26-27H,6-9,11-14H2,1-3H3/t18-/m0/s1. The van der Waals surface area contributed by atoms with Crippen molar-refractivity contribution in [2.24, 2.45) is 0 Å². The van der Waals surface area contributed by atoms with Gasteiger partial charge in [0.15, 0.2) is 0 Å². The molecule has 3 rings (SSSR count). The highest BCUT2D eigenvalue weighted by Gasteiger charge is 2.20. The number of aliphatic hydroxyl groups is 2. The van der Waals surface area contributed by atoms with E-state index in [9.17, 15) is 10.2 Å². The van der Waals surface area contributed by atoms with E-state index in [0.717, 1.165) is 48.6 Å². The first-order valence-corrected chi connectivity index (χ1v) is 10.3. The van der Waals surface area contributed by atoms with Crippen LogP contribution < -0.4 is 9.47 Å². The van der Waals surface area contributed by atoms with E-state index in [2.05, 4.69) is 20.1 Å². The zero-order valence-corrected chi connectivity index (χ0v) is 18.0. The molecule has 1 aliphatic rings. The molecule has 0 radical (unpaired) electrons. The summed E-state index contributed by atoms with van der Waals surface area (Å²) >= 11 is 0. The van der Waals surface area contributed by atoms with Gasteiger partial charge in [0.25, 0.3) is 0 Å². The fraction of sp³-hybridized carbons (Fsp3) is 0.619. The van der Waals surface area contributed by atoms with E-state index in [0.29, 0.717) is 25.4 Å². The summed E-state index contributed by atoms with van der Waals surface area (Å²) in [6.07, 6.45) is 0.689. The number of nitrogens with zero attached hydrogens (tertiary/aromatic N) is 4. The number of ether oxygens (including phenoxy) is 2. The quantitative estimate of drug-likeness (QED) is 0.587. The van der Waals surface area contributed by atoms with Gasteiger partial charge >= 0.3 is 0 Å². The zero-order chi connectivity index (χ0) is 21.5. The van der Waals surface area contributed by atoms with Gasteiger partial charge in [-0.2, -0.15) is 0 Å². The Morgan fingerprint density at radius 3 is 2.70 bits per heavy atom. The molecule has 9 heteroatoms. The number of benzene rings is 1. The Kier molecular flexibility index (Phi) is 8.03. The predicted molar refractivity (Wildman–Crippen MR) is 110 cm³/mol. The van der Waals surface area contributed by atoms with E-state index in [4.69, 9.17) is 14.1 Å². The number of aliphatic hydroxyl groups excluding tert-OH is 2. The summed E-state index contributed by atoms with van der Waals surface area (Å²) in [6.45, 7) is 5.41. The van der Waals surface area contributed by atoms with Crippen LogP contribution in [0.4, 0.5) is 0 Å². The van der Waals surface area contributed by atoms with Crippen LogP contribution in [-0.4, -0.2) is 82.9 Å². The Labute approximate surface area is 177 Å². The highest BCUT2D eigenvalue weighted by atomic mass is 16.6. The van der Waals surface area contributed by atoms with Crippen molar-refractivity contribution in [3.05, 3.63) is 35.2 Å². The molecule has 0 saturated carbocycles. The SMILES string of the molecule is COc1ccc(OC[C@@H](O)CN2CCC(O)CC2)c(CN(C)Cc2nonc2C)c1. The van der Waals surface area contributed by atoms with Crippen LogP contribution in [-0.2, 0) is 13.1 Å². The molecule has 1 aliphatic heterocycles. The molecule has 2 aromatic rings. The molecule has 1 atom stereocenters. The van der Waals surface area contributed by atoms with Crippen molar-refractivity contribution in [2.45, 2.75) is 45.1 Å². The molecular weight excluding hydrogens is 388 g/mol. The summed E-state index contributed by atoms with van der Waals surface area (Å²) in [5, 5.41) is 27.8. The number of piperidine rings is 1. The van der Waals surface area contributed by atoms with Crippen molar-refractivity contribution in [1.82, 2.24) is 20.1 Å². The fourth-order valence-electron chi connectivity index (χ4n) is 3.58. The van der Waals surface area contributed by atoms with Gasteiger partial charge in [-0.3, -0.25) is 4.90 Å². The van der Waals surface area contributed by atoms with E-state index in [-0.39, 0.29) is 12.7 Å². The first kappa shape index (κ1) is 22.5. The van der Waals surface area contributed by atoms with Crippen molar-refractivity contribution in [1.29, 1.82) is 0 Å². The highest BCUT2D eigenvalue weighted by Crippen LogP contribution is 2.26. The number of likely N-dealkylation sites (tertiary alicyclic amines) is 1. The normalized spacial score (nSPS) is 16.7. The smallest absolute Gasteiger partial charge is 0.124 e. The largest absolute Gasteiger partial charge is 0.497 e. The van der Waals surface area contributed by atoms with Crippen LogP contribution >= 0.6 is 0 Å². The average Bonchev–Trinajstić information content (AvgIpc) is 3.13. The molecule has 30 heavy (non-hydrogen) atoms. The molecule has 0 aliphatic carbocycles. The van der Waals surface area contributed by atoms with Crippen LogP contribution in [0.15, 0.2) is 22.8 Å². The van der Waals surface area contributed by atoms with E-state index in [1.165, 1.54) is 0 Å². The minimum atomic E-state index is -0.600. The van der Waals surface area contributed by atoms with Crippen LogP contribution in [0, 0.1) is 6.92 Å². The Balaban J connectivity index is 1.57. The Bertz CT molecular complexity index is 791. The zero-order valence-electron chi connectivity index (χ0n) is 18.0. The fourth-order valence-corrected chi connectivity index (χ4v) is 3.58. The number of hydrogen-bond acceptors (Lipinski definition) is 9. The van der Waals surface area contributed by atoms with Gasteiger partial charge in [0.05, 0.1) is 13.2 Å². The van der Waals surface area contributed by atoms with Crippen LogP contribution in [0.1, 0.15) is 29.8 Å². The molecular formula is C21H32N4O5. The van der Waals surface area contributed by atoms with E-state index in [1.807, 2.05) is 32.2 Å². The van der Waals surface area contributed by atoms with Crippen LogP contribution in [0.5, 0.6) is 11.5 Å². The van der Waals surface area contributed by atoms with Crippen molar-refractivity contribution < 1.29 is 24.3 Å². The molecule has 1 aromatic heterocycles. The Hall–Kier alpha value is -2.20. The molecule has 9 nitrogen and oxygen atoms in total. The minimum Gasteiger partial charge on any atom is -0.497 e. The lowest BCUT2D eigenvalue weighted by Crippen LogP contribution is -2.41. The summed E-state index contributed by atoms with van der Waals surface area (Å²) in [4.78, 5) is 4.25. The van der Waals surface area contributed by atoms with Gasteiger partial charge in [-0.25, -0.2) is 4.63 Å². The second kappa shape index (κ2) is 10.7. The Morgan fingerprint density at radius 1 is 1.27 bits per heavy atom. The van der Waals surface area contributed by atoms with Crippen molar-refractivity contribution >= 4 is 0 Å². The van der Waals surface area contributed by atoms with E-state index in [1.54, 1.807) is 7.11 Å². The van der Waals surface area contributed by atoms with Crippen LogP contribution in [0.2, 0.25) is 0 Å². The summed E-state index contributed by atoms with van der Waals surface area (Å²) in [5.41, 5.74) is 2.53. The Morgan fingerprint density at radius 2 is 2.03 bits per heavy atom. The number of aromatic nitrogens is 2. The van der Waals surface area contributed by atoms with Crippen molar-refractivity contribution in [3.8, 4) is 11.5 Å². The van der Waals surface area contributed by atoms with Crippen LogP contribution in [0.3, 0.4) is 0 Å². The summed E-state index contributed by atoms with van der Waals surface area (Å²) < 4.78 is 16.1.